The fourth-order valence-corrected chi connectivity index (χ4v) is 2.57. The third-order valence-corrected chi connectivity index (χ3v) is 3.91. The maximum Gasteiger partial charge on any atom is 0.163 e. The van der Waals surface area contributed by atoms with Crippen molar-refractivity contribution in [1.82, 2.24) is 29.3 Å². The predicted octanol–water partition coefficient (Wildman–Crippen LogP) is 3.08. The van der Waals surface area contributed by atoms with Gasteiger partial charge in [0.1, 0.15) is 18.3 Å². The highest BCUT2D eigenvalue weighted by atomic mass is 15.3. The summed E-state index contributed by atoms with van der Waals surface area (Å²) in [7, 11) is 0. The Morgan fingerprint density at radius 3 is 2.46 bits per heavy atom. The molecule has 6 heteroatoms. The van der Waals surface area contributed by atoms with E-state index in [0.717, 1.165) is 29.3 Å². The molecule has 4 rings (SSSR count). The minimum Gasteiger partial charge on any atom is -0.299 e. The summed E-state index contributed by atoms with van der Waals surface area (Å²) in [5.74, 6) is 0.825. The van der Waals surface area contributed by atoms with Gasteiger partial charge in [-0.05, 0) is 42.3 Å². The van der Waals surface area contributed by atoms with E-state index in [1.807, 2.05) is 47.3 Å². The minimum absolute atomic E-state index is 0.825. The van der Waals surface area contributed by atoms with Crippen LogP contribution in [-0.4, -0.2) is 29.3 Å². The number of aryl methyl sites for hydroxylation is 1. The highest BCUT2D eigenvalue weighted by Gasteiger charge is 2.09. The molecule has 0 spiro atoms. The molecule has 0 radical (unpaired) electrons. The van der Waals surface area contributed by atoms with Gasteiger partial charge in [0.2, 0.25) is 0 Å². The summed E-state index contributed by atoms with van der Waals surface area (Å²) in [6.07, 6.45) is 9.81. The summed E-state index contributed by atoms with van der Waals surface area (Å²) in [5.41, 5.74) is 4.06. The van der Waals surface area contributed by atoms with Crippen LogP contribution in [0.4, 0.5) is 0 Å². The normalized spacial score (nSPS) is 10.9. The maximum atomic E-state index is 4.53. The van der Waals surface area contributed by atoms with Crippen LogP contribution < -0.4 is 0 Å². The van der Waals surface area contributed by atoms with Gasteiger partial charge >= 0.3 is 0 Å². The third-order valence-electron chi connectivity index (χ3n) is 3.91. The van der Waals surface area contributed by atoms with Crippen molar-refractivity contribution >= 4 is 0 Å². The second kappa shape index (κ2) is 6.08. The monoisotopic (exact) mass is 316 g/mol. The lowest BCUT2D eigenvalue weighted by Gasteiger charge is -2.09. The van der Waals surface area contributed by atoms with Crippen LogP contribution in [0.3, 0.4) is 0 Å². The van der Waals surface area contributed by atoms with Crippen LogP contribution in [-0.2, 0) is 6.42 Å². The fraction of sp³-hybridized carbons (Fsp3) is 0.111. The highest BCUT2D eigenvalue weighted by Crippen LogP contribution is 2.21. The smallest absolute Gasteiger partial charge is 0.163 e. The van der Waals surface area contributed by atoms with Crippen LogP contribution in [0.25, 0.3) is 22.9 Å². The number of hydrogen-bond donors (Lipinski definition) is 0. The molecule has 24 heavy (non-hydrogen) atoms. The van der Waals surface area contributed by atoms with Gasteiger partial charge in [-0.3, -0.25) is 9.55 Å². The zero-order chi connectivity index (χ0) is 16.4. The van der Waals surface area contributed by atoms with E-state index in [9.17, 15) is 0 Å². The van der Waals surface area contributed by atoms with Crippen LogP contribution in [0.2, 0.25) is 0 Å². The van der Waals surface area contributed by atoms with Crippen molar-refractivity contribution in [1.29, 1.82) is 0 Å². The van der Waals surface area contributed by atoms with Gasteiger partial charge in [0.25, 0.3) is 0 Å². The van der Waals surface area contributed by atoms with Gasteiger partial charge in [0, 0.05) is 24.3 Å². The maximum absolute atomic E-state index is 4.53. The largest absolute Gasteiger partial charge is 0.299 e. The first-order chi connectivity index (χ1) is 11.8. The molecule has 3 aromatic heterocycles. The zero-order valence-electron chi connectivity index (χ0n) is 13.2. The predicted molar refractivity (Wildman–Crippen MR) is 91.1 cm³/mol. The summed E-state index contributed by atoms with van der Waals surface area (Å²) in [6.45, 7) is 2.12. The Morgan fingerprint density at radius 1 is 0.958 bits per heavy atom. The number of aromatic nitrogens is 6. The number of rotatable bonds is 4. The topological polar surface area (TPSA) is 61.4 Å². The molecule has 0 atom stereocenters. The Hall–Kier alpha value is -3.28. The van der Waals surface area contributed by atoms with Gasteiger partial charge in [-0.15, -0.1) is 0 Å². The molecule has 0 aliphatic carbocycles. The summed E-state index contributed by atoms with van der Waals surface area (Å²) in [5, 5.41) is 4.14. The van der Waals surface area contributed by atoms with Crippen LogP contribution in [0, 0.1) is 0 Å². The molecule has 0 N–H and O–H groups in total. The number of imidazole rings is 1. The van der Waals surface area contributed by atoms with Crippen LogP contribution >= 0.6 is 0 Å². The second-order valence-corrected chi connectivity index (χ2v) is 5.38. The van der Waals surface area contributed by atoms with Crippen molar-refractivity contribution in [2.75, 3.05) is 0 Å². The highest BCUT2D eigenvalue weighted by molar-refractivity contribution is 5.55. The second-order valence-electron chi connectivity index (χ2n) is 5.38. The lowest BCUT2D eigenvalue weighted by molar-refractivity contribution is 0.877. The molecule has 0 aliphatic heterocycles. The van der Waals surface area contributed by atoms with Gasteiger partial charge in [-0.2, -0.15) is 5.10 Å². The summed E-state index contributed by atoms with van der Waals surface area (Å²) < 4.78 is 3.75. The molecule has 6 nitrogen and oxygen atoms in total. The van der Waals surface area contributed by atoms with E-state index in [-0.39, 0.29) is 0 Å². The first-order valence-electron chi connectivity index (χ1n) is 7.79. The number of nitrogens with zero attached hydrogens (tertiary/aromatic N) is 6. The molecule has 4 aromatic rings. The summed E-state index contributed by atoms with van der Waals surface area (Å²) >= 11 is 0. The zero-order valence-corrected chi connectivity index (χ0v) is 13.2. The van der Waals surface area contributed by atoms with Crippen molar-refractivity contribution < 1.29 is 0 Å². The van der Waals surface area contributed by atoms with Crippen molar-refractivity contribution in [2.24, 2.45) is 0 Å². The Morgan fingerprint density at radius 2 is 1.79 bits per heavy atom. The van der Waals surface area contributed by atoms with Gasteiger partial charge in [-0.1, -0.05) is 13.0 Å². The van der Waals surface area contributed by atoms with Crippen molar-refractivity contribution in [2.45, 2.75) is 13.3 Å². The molecule has 3 heterocycles. The number of hydrogen-bond acceptors (Lipinski definition) is 4. The molecule has 0 unspecified atom stereocenters. The van der Waals surface area contributed by atoms with E-state index < -0.39 is 0 Å². The molecule has 0 saturated carbocycles. The van der Waals surface area contributed by atoms with Crippen molar-refractivity contribution in [3.8, 4) is 22.9 Å². The minimum atomic E-state index is 0.825. The Kier molecular flexibility index (Phi) is 3.63. The standard InChI is InChI=1S/C18H16N6/c1-2-14-3-8-17(21-11-14)18-20-9-10-23(18)15-4-6-16(7-5-15)24-13-19-12-22-24/h3-13H,2H2,1H3. The van der Waals surface area contributed by atoms with Crippen molar-refractivity contribution in [3.63, 3.8) is 0 Å². The van der Waals surface area contributed by atoms with E-state index in [1.165, 1.54) is 11.9 Å². The van der Waals surface area contributed by atoms with Crippen molar-refractivity contribution in [3.05, 3.63) is 73.2 Å². The van der Waals surface area contributed by atoms with Crippen LogP contribution in [0.5, 0.6) is 0 Å². The van der Waals surface area contributed by atoms with E-state index >= 15 is 0 Å². The molecule has 0 saturated heterocycles. The molecular weight excluding hydrogens is 300 g/mol. The molecule has 118 valence electrons. The Balaban J connectivity index is 1.69. The van der Waals surface area contributed by atoms with E-state index in [4.69, 9.17) is 0 Å². The van der Waals surface area contributed by atoms with E-state index in [0.29, 0.717) is 0 Å². The van der Waals surface area contributed by atoms with Crippen LogP contribution in [0.15, 0.2) is 67.6 Å². The molecule has 1 aromatic carbocycles. The summed E-state index contributed by atoms with van der Waals surface area (Å²) in [6, 6.07) is 12.2. The van der Waals surface area contributed by atoms with Crippen LogP contribution in [0.1, 0.15) is 12.5 Å². The molecule has 0 bridgehead atoms. The third kappa shape index (κ3) is 2.58. The fourth-order valence-electron chi connectivity index (χ4n) is 2.57. The molecular formula is C18H16N6. The Bertz CT molecular complexity index is 921. The SMILES string of the molecule is CCc1ccc(-c2nccn2-c2ccc(-n3cncn3)cc2)nc1. The lowest BCUT2D eigenvalue weighted by atomic mass is 10.2. The first kappa shape index (κ1) is 14.3. The lowest BCUT2D eigenvalue weighted by Crippen LogP contribution is -1.99. The molecule has 0 fully saturated rings. The Labute approximate surface area is 139 Å². The van der Waals surface area contributed by atoms with E-state index in [2.05, 4.69) is 33.0 Å². The number of benzene rings is 1. The molecule has 0 amide bonds. The number of pyridine rings is 1. The van der Waals surface area contributed by atoms with Gasteiger partial charge < -0.3 is 0 Å². The van der Waals surface area contributed by atoms with Gasteiger partial charge in [0.15, 0.2) is 5.82 Å². The quantitative estimate of drug-likeness (QED) is 0.580. The molecule has 0 aliphatic rings. The first-order valence-corrected chi connectivity index (χ1v) is 7.79. The van der Waals surface area contributed by atoms with E-state index in [1.54, 1.807) is 17.2 Å². The summed E-state index contributed by atoms with van der Waals surface area (Å²) in [4.78, 5) is 13.0. The van der Waals surface area contributed by atoms with Gasteiger partial charge in [-0.25, -0.2) is 14.6 Å². The average Bonchev–Trinajstić information content (AvgIpc) is 3.34. The van der Waals surface area contributed by atoms with Gasteiger partial charge in [0.05, 0.1) is 5.69 Å². The average molecular weight is 316 g/mol.